The summed E-state index contributed by atoms with van der Waals surface area (Å²) in [6.45, 7) is 15.5. The molecule has 0 aromatic rings. The molecule has 0 radical (unpaired) electrons. The molecule has 1 rings (SSSR count). The van der Waals surface area contributed by atoms with Gasteiger partial charge in [-0.3, -0.25) is 4.79 Å². The molecule has 0 amide bonds. The van der Waals surface area contributed by atoms with Crippen LogP contribution in [-0.2, 0) is 19.1 Å². The molecule has 0 N–H and O–H groups in total. The number of rotatable bonds is 4. The lowest BCUT2D eigenvalue weighted by molar-refractivity contribution is -0.159. The van der Waals surface area contributed by atoms with Gasteiger partial charge in [-0.1, -0.05) is 6.58 Å². The van der Waals surface area contributed by atoms with Crippen LogP contribution < -0.4 is 0 Å². The van der Waals surface area contributed by atoms with Crippen LogP contribution in [0.25, 0.3) is 0 Å². The summed E-state index contributed by atoms with van der Waals surface area (Å²) in [5, 5.41) is 0. The minimum Gasteiger partial charge on any atom is -0.462 e. The predicted octanol–water partition coefficient (Wildman–Crippen LogP) is 2.65. The fraction of sp³-hybridized carbons (Fsp3) is 0.750. The number of nitrogens with zero attached hydrogens (tertiary/aromatic N) is 1. The van der Waals surface area contributed by atoms with Gasteiger partial charge in [-0.25, -0.2) is 4.79 Å². The molecule has 5 nitrogen and oxygen atoms in total. The first-order valence-corrected chi connectivity index (χ1v) is 7.35. The average molecular weight is 297 g/mol. The van der Waals surface area contributed by atoms with Crippen LogP contribution >= 0.6 is 0 Å². The summed E-state index contributed by atoms with van der Waals surface area (Å²) in [5.74, 6) is -0.672. The van der Waals surface area contributed by atoms with Gasteiger partial charge in [0.2, 0.25) is 0 Å². The Bertz CT molecular complexity index is 422. The molecule has 1 aliphatic rings. The second-order valence-electron chi connectivity index (χ2n) is 6.77. The molecule has 0 spiro atoms. The van der Waals surface area contributed by atoms with E-state index in [2.05, 4.69) is 6.58 Å². The second kappa shape index (κ2) is 6.08. The Morgan fingerprint density at radius 2 is 1.67 bits per heavy atom. The molecular formula is C16H27NO4. The molecule has 1 aliphatic heterocycles. The Morgan fingerprint density at radius 3 is 2.05 bits per heavy atom. The van der Waals surface area contributed by atoms with E-state index < -0.39 is 5.97 Å². The second-order valence-corrected chi connectivity index (χ2v) is 6.77. The molecule has 0 aromatic carbocycles. The van der Waals surface area contributed by atoms with Gasteiger partial charge in [0, 0.05) is 30.8 Å². The maximum absolute atomic E-state index is 12.0. The number of hydrogen-bond donors (Lipinski definition) is 0. The number of carbonyl (C=O) groups excluding carboxylic acids is 2. The predicted molar refractivity (Wildman–Crippen MR) is 80.6 cm³/mol. The zero-order chi connectivity index (χ0) is 16.4. The van der Waals surface area contributed by atoms with Crippen molar-refractivity contribution in [3.63, 3.8) is 0 Å². The van der Waals surface area contributed by atoms with Gasteiger partial charge in [-0.05, 0) is 34.6 Å². The molecule has 0 atom stereocenters. The van der Waals surface area contributed by atoms with Crippen LogP contribution in [0, 0.1) is 0 Å². The number of piperidine rings is 1. The van der Waals surface area contributed by atoms with Crippen molar-refractivity contribution < 1.29 is 19.1 Å². The van der Waals surface area contributed by atoms with E-state index in [4.69, 9.17) is 9.47 Å². The van der Waals surface area contributed by atoms with Crippen LogP contribution in [0.2, 0.25) is 0 Å². The molecule has 120 valence electrons. The largest absolute Gasteiger partial charge is 0.462 e. The van der Waals surface area contributed by atoms with Crippen molar-refractivity contribution in [2.75, 3.05) is 6.61 Å². The molecule has 21 heavy (non-hydrogen) atoms. The first-order chi connectivity index (χ1) is 9.51. The van der Waals surface area contributed by atoms with Crippen LogP contribution in [-0.4, -0.2) is 40.6 Å². The van der Waals surface area contributed by atoms with Gasteiger partial charge >= 0.3 is 11.9 Å². The molecule has 1 saturated heterocycles. The molecule has 5 heteroatoms. The molecule has 1 fully saturated rings. The fourth-order valence-corrected chi connectivity index (χ4v) is 3.54. The van der Waals surface area contributed by atoms with Crippen molar-refractivity contribution in [1.29, 1.82) is 0 Å². The van der Waals surface area contributed by atoms with Gasteiger partial charge in [0.25, 0.3) is 0 Å². The lowest BCUT2D eigenvalue weighted by Gasteiger charge is -2.56. The van der Waals surface area contributed by atoms with E-state index in [-0.39, 0.29) is 23.2 Å². The van der Waals surface area contributed by atoms with Crippen molar-refractivity contribution in [3.8, 4) is 0 Å². The molecular weight excluding hydrogens is 270 g/mol. The first kappa shape index (κ1) is 17.5. The first-order valence-electron chi connectivity index (χ1n) is 7.35. The van der Waals surface area contributed by atoms with E-state index in [1.165, 1.54) is 6.92 Å². The third kappa shape index (κ3) is 3.99. The normalized spacial score (nSPS) is 20.8. The van der Waals surface area contributed by atoms with Crippen LogP contribution in [0.4, 0.5) is 0 Å². The third-order valence-corrected chi connectivity index (χ3v) is 3.78. The summed E-state index contributed by atoms with van der Waals surface area (Å²) < 4.78 is 10.5. The highest BCUT2D eigenvalue weighted by Gasteiger charge is 2.48. The molecule has 0 aromatic heterocycles. The van der Waals surface area contributed by atoms with Crippen LogP contribution in [0.3, 0.4) is 0 Å². The standard InChI is InChI=1S/C16H27NO4/c1-8-20-14(19)11(2)17-15(4,5)9-13(21-12(3)18)10-16(17,6)7/h13H,2,8-10H2,1,3-7H3. The third-order valence-electron chi connectivity index (χ3n) is 3.78. The maximum atomic E-state index is 12.0. The van der Waals surface area contributed by atoms with Gasteiger partial charge in [-0.15, -0.1) is 0 Å². The zero-order valence-corrected chi connectivity index (χ0v) is 14.0. The van der Waals surface area contributed by atoms with E-state index in [1.54, 1.807) is 6.92 Å². The van der Waals surface area contributed by atoms with E-state index in [9.17, 15) is 9.59 Å². The fourth-order valence-electron chi connectivity index (χ4n) is 3.54. The van der Waals surface area contributed by atoms with Gasteiger partial charge in [0.1, 0.15) is 11.8 Å². The van der Waals surface area contributed by atoms with Gasteiger partial charge in [0.05, 0.1) is 6.61 Å². The summed E-state index contributed by atoms with van der Waals surface area (Å²) in [7, 11) is 0. The summed E-state index contributed by atoms with van der Waals surface area (Å²) in [6, 6.07) is 0. The highest BCUT2D eigenvalue weighted by atomic mass is 16.5. The SMILES string of the molecule is C=C(C(=O)OCC)N1C(C)(C)CC(OC(C)=O)CC1(C)C. The van der Waals surface area contributed by atoms with Crippen molar-refractivity contribution in [2.24, 2.45) is 0 Å². The van der Waals surface area contributed by atoms with E-state index in [1.807, 2.05) is 32.6 Å². The van der Waals surface area contributed by atoms with Crippen molar-refractivity contribution in [3.05, 3.63) is 12.3 Å². The maximum Gasteiger partial charge on any atom is 0.353 e. The Morgan fingerprint density at radius 1 is 1.19 bits per heavy atom. The smallest absolute Gasteiger partial charge is 0.353 e. The van der Waals surface area contributed by atoms with E-state index >= 15 is 0 Å². The topological polar surface area (TPSA) is 55.8 Å². The monoisotopic (exact) mass is 297 g/mol. The lowest BCUT2D eigenvalue weighted by Crippen LogP contribution is -2.62. The summed E-state index contributed by atoms with van der Waals surface area (Å²) in [6.07, 6.45) is 1.14. The molecule has 0 aliphatic carbocycles. The Kier molecular flexibility index (Phi) is 5.07. The van der Waals surface area contributed by atoms with Crippen molar-refractivity contribution >= 4 is 11.9 Å². The number of likely N-dealkylation sites (tertiary alicyclic amines) is 1. The molecule has 0 unspecified atom stereocenters. The number of esters is 2. The number of ether oxygens (including phenoxy) is 2. The quantitative estimate of drug-likeness (QED) is 0.590. The summed E-state index contributed by atoms with van der Waals surface area (Å²) >= 11 is 0. The Hall–Kier alpha value is -1.52. The minimum absolute atomic E-state index is 0.154. The summed E-state index contributed by atoms with van der Waals surface area (Å²) in [5.41, 5.74) is -0.356. The van der Waals surface area contributed by atoms with E-state index in [0.717, 1.165) is 0 Å². The van der Waals surface area contributed by atoms with Crippen LogP contribution in [0.1, 0.15) is 54.4 Å². The Labute approximate surface area is 127 Å². The highest BCUT2D eigenvalue weighted by Crippen LogP contribution is 2.42. The van der Waals surface area contributed by atoms with E-state index in [0.29, 0.717) is 25.1 Å². The highest BCUT2D eigenvalue weighted by molar-refractivity contribution is 5.87. The van der Waals surface area contributed by atoms with Crippen molar-refractivity contribution in [1.82, 2.24) is 4.90 Å². The summed E-state index contributed by atoms with van der Waals surface area (Å²) in [4.78, 5) is 25.2. The van der Waals surface area contributed by atoms with Gasteiger partial charge < -0.3 is 14.4 Å². The Balaban J connectivity index is 3.02. The average Bonchev–Trinajstić information content (AvgIpc) is 2.24. The molecule has 0 bridgehead atoms. The zero-order valence-electron chi connectivity index (χ0n) is 14.0. The number of carbonyl (C=O) groups is 2. The van der Waals surface area contributed by atoms with Gasteiger partial charge in [0.15, 0.2) is 0 Å². The van der Waals surface area contributed by atoms with Gasteiger partial charge in [-0.2, -0.15) is 0 Å². The molecule has 1 heterocycles. The van der Waals surface area contributed by atoms with Crippen LogP contribution in [0.15, 0.2) is 12.3 Å². The molecule has 0 saturated carbocycles. The number of hydrogen-bond acceptors (Lipinski definition) is 5. The minimum atomic E-state index is -0.399. The van der Waals surface area contributed by atoms with Crippen LogP contribution in [0.5, 0.6) is 0 Å². The van der Waals surface area contributed by atoms with Crippen molar-refractivity contribution in [2.45, 2.75) is 71.6 Å². The lowest BCUT2D eigenvalue weighted by atomic mass is 9.77.